The molecule has 0 N–H and O–H groups in total. The molecule has 0 amide bonds. The Morgan fingerprint density at radius 2 is 2.18 bits per heavy atom. The fourth-order valence-corrected chi connectivity index (χ4v) is 1.73. The SMILES string of the molecule is CCCn1cncc1Cn1ccc(C)nc1=O. The molecule has 90 valence electrons. The van der Waals surface area contributed by atoms with Gasteiger partial charge in [0.15, 0.2) is 0 Å². The zero-order valence-corrected chi connectivity index (χ0v) is 10.1. The Kier molecular flexibility index (Phi) is 3.37. The largest absolute Gasteiger partial charge is 0.348 e. The number of hydrogen-bond donors (Lipinski definition) is 0. The van der Waals surface area contributed by atoms with Crippen molar-refractivity contribution >= 4 is 0 Å². The Morgan fingerprint density at radius 1 is 1.35 bits per heavy atom. The van der Waals surface area contributed by atoms with Crippen molar-refractivity contribution in [3.63, 3.8) is 0 Å². The van der Waals surface area contributed by atoms with Crippen molar-refractivity contribution < 1.29 is 0 Å². The zero-order chi connectivity index (χ0) is 12.3. The molecule has 2 heterocycles. The van der Waals surface area contributed by atoms with E-state index in [4.69, 9.17) is 0 Å². The predicted octanol–water partition coefficient (Wildman–Crippen LogP) is 1.21. The Balaban J connectivity index is 2.25. The number of nitrogens with zero attached hydrogens (tertiary/aromatic N) is 4. The molecule has 0 radical (unpaired) electrons. The molecule has 5 heteroatoms. The maximum Gasteiger partial charge on any atom is 0.348 e. The van der Waals surface area contributed by atoms with E-state index in [1.807, 2.05) is 13.0 Å². The Bertz CT molecular complexity index is 556. The Hall–Kier alpha value is -1.91. The van der Waals surface area contributed by atoms with Gasteiger partial charge < -0.3 is 4.57 Å². The summed E-state index contributed by atoms with van der Waals surface area (Å²) < 4.78 is 3.66. The highest BCUT2D eigenvalue weighted by Crippen LogP contribution is 2.02. The molecular weight excluding hydrogens is 216 g/mol. The molecule has 0 aliphatic rings. The first-order valence-electron chi connectivity index (χ1n) is 5.74. The van der Waals surface area contributed by atoms with E-state index >= 15 is 0 Å². The summed E-state index contributed by atoms with van der Waals surface area (Å²) in [5.74, 6) is 0. The molecule has 0 aliphatic carbocycles. The molecule has 0 saturated carbocycles. The maximum absolute atomic E-state index is 11.7. The van der Waals surface area contributed by atoms with Crippen LogP contribution < -0.4 is 5.69 Å². The van der Waals surface area contributed by atoms with E-state index in [1.54, 1.807) is 23.3 Å². The number of hydrogen-bond acceptors (Lipinski definition) is 3. The predicted molar refractivity (Wildman–Crippen MR) is 64.9 cm³/mol. The van der Waals surface area contributed by atoms with Gasteiger partial charge in [-0.1, -0.05) is 6.92 Å². The minimum absolute atomic E-state index is 0.214. The topological polar surface area (TPSA) is 52.7 Å². The lowest BCUT2D eigenvalue weighted by Crippen LogP contribution is -2.24. The van der Waals surface area contributed by atoms with Crippen LogP contribution in [0.3, 0.4) is 0 Å². The summed E-state index contributed by atoms with van der Waals surface area (Å²) >= 11 is 0. The standard InChI is InChI=1S/C12H16N4O/c1-3-5-16-9-13-7-11(16)8-15-6-4-10(2)14-12(15)17/h4,6-7,9H,3,5,8H2,1-2H3. The molecule has 0 aliphatic heterocycles. The van der Waals surface area contributed by atoms with E-state index < -0.39 is 0 Å². The van der Waals surface area contributed by atoms with Gasteiger partial charge in [0.1, 0.15) is 0 Å². The smallest absolute Gasteiger partial charge is 0.333 e. The molecule has 2 aromatic rings. The van der Waals surface area contributed by atoms with Gasteiger partial charge in [-0.3, -0.25) is 4.57 Å². The van der Waals surface area contributed by atoms with Gasteiger partial charge in [0.25, 0.3) is 0 Å². The van der Waals surface area contributed by atoms with E-state index in [9.17, 15) is 4.79 Å². The first-order chi connectivity index (χ1) is 8.20. The van der Waals surface area contributed by atoms with Crippen LogP contribution in [0.15, 0.2) is 29.6 Å². The van der Waals surface area contributed by atoms with Crippen LogP contribution in [0, 0.1) is 6.92 Å². The molecule has 2 aromatic heterocycles. The van der Waals surface area contributed by atoms with Crippen LogP contribution >= 0.6 is 0 Å². The fourth-order valence-electron chi connectivity index (χ4n) is 1.73. The summed E-state index contributed by atoms with van der Waals surface area (Å²) in [6.07, 6.45) is 6.41. The van der Waals surface area contributed by atoms with E-state index in [2.05, 4.69) is 21.5 Å². The average Bonchev–Trinajstić information content (AvgIpc) is 2.71. The van der Waals surface area contributed by atoms with Gasteiger partial charge in [0.2, 0.25) is 0 Å². The van der Waals surface area contributed by atoms with Crippen LogP contribution in [0.1, 0.15) is 24.7 Å². The van der Waals surface area contributed by atoms with Gasteiger partial charge in [-0.2, -0.15) is 4.98 Å². The van der Waals surface area contributed by atoms with Crippen molar-refractivity contribution in [2.24, 2.45) is 0 Å². The quantitative estimate of drug-likeness (QED) is 0.796. The molecule has 0 aromatic carbocycles. The monoisotopic (exact) mass is 232 g/mol. The molecule has 2 rings (SSSR count). The van der Waals surface area contributed by atoms with Gasteiger partial charge in [-0.15, -0.1) is 0 Å². The second-order valence-corrected chi connectivity index (χ2v) is 4.06. The summed E-state index contributed by atoms with van der Waals surface area (Å²) in [6, 6.07) is 1.84. The Labute approximate surface area is 99.8 Å². The average molecular weight is 232 g/mol. The van der Waals surface area contributed by atoms with E-state index in [-0.39, 0.29) is 5.69 Å². The number of imidazole rings is 1. The summed E-state index contributed by atoms with van der Waals surface area (Å²) in [6.45, 7) is 5.37. The molecule has 0 spiro atoms. The highest BCUT2D eigenvalue weighted by atomic mass is 16.1. The van der Waals surface area contributed by atoms with Gasteiger partial charge in [0, 0.05) is 24.6 Å². The third-order valence-electron chi connectivity index (χ3n) is 2.61. The minimum Gasteiger partial charge on any atom is -0.333 e. The second kappa shape index (κ2) is 4.95. The van der Waals surface area contributed by atoms with Crippen molar-refractivity contribution in [1.29, 1.82) is 0 Å². The molecular formula is C12H16N4O. The van der Waals surface area contributed by atoms with Crippen molar-refractivity contribution in [3.05, 3.63) is 46.7 Å². The molecule has 5 nitrogen and oxygen atoms in total. The third kappa shape index (κ3) is 2.61. The van der Waals surface area contributed by atoms with Gasteiger partial charge in [-0.05, 0) is 19.4 Å². The number of aryl methyl sites for hydroxylation is 2. The van der Waals surface area contributed by atoms with Crippen LogP contribution in [0.25, 0.3) is 0 Å². The minimum atomic E-state index is -0.214. The van der Waals surface area contributed by atoms with Crippen molar-refractivity contribution in [2.75, 3.05) is 0 Å². The summed E-state index contributed by atoms with van der Waals surface area (Å²) in [4.78, 5) is 19.7. The first-order valence-corrected chi connectivity index (χ1v) is 5.74. The van der Waals surface area contributed by atoms with E-state index in [0.717, 1.165) is 24.4 Å². The molecule has 0 atom stereocenters. The van der Waals surface area contributed by atoms with Crippen LogP contribution in [0.2, 0.25) is 0 Å². The van der Waals surface area contributed by atoms with Crippen LogP contribution in [-0.2, 0) is 13.1 Å². The molecule has 0 bridgehead atoms. The molecule has 0 fully saturated rings. The Morgan fingerprint density at radius 3 is 2.88 bits per heavy atom. The normalized spacial score (nSPS) is 10.7. The summed E-state index contributed by atoms with van der Waals surface area (Å²) in [5.41, 5.74) is 1.56. The lowest BCUT2D eigenvalue weighted by atomic mass is 10.4. The second-order valence-electron chi connectivity index (χ2n) is 4.06. The zero-order valence-electron chi connectivity index (χ0n) is 10.1. The summed E-state index contributed by atoms with van der Waals surface area (Å²) in [5, 5.41) is 0. The number of rotatable bonds is 4. The summed E-state index contributed by atoms with van der Waals surface area (Å²) in [7, 11) is 0. The molecule has 0 unspecified atom stereocenters. The van der Waals surface area contributed by atoms with Gasteiger partial charge >= 0.3 is 5.69 Å². The first kappa shape index (κ1) is 11.6. The van der Waals surface area contributed by atoms with E-state index in [1.165, 1.54) is 0 Å². The van der Waals surface area contributed by atoms with Crippen molar-refractivity contribution in [2.45, 2.75) is 33.4 Å². The van der Waals surface area contributed by atoms with Crippen molar-refractivity contribution in [1.82, 2.24) is 19.1 Å². The number of aromatic nitrogens is 4. The van der Waals surface area contributed by atoms with E-state index in [0.29, 0.717) is 6.54 Å². The van der Waals surface area contributed by atoms with Crippen LogP contribution in [-0.4, -0.2) is 19.1 Å². The lowest BCUT2D eigenvalue weighted by molar-refractivity contribution is 0.610. The van der Waals surface area contributed by atoms with Crippen molar-refractivity contribution in [3.8, 4) is 0 Å². The third-order valence-corrected chi connectivity index (χ3v) is 2.61. The fraction of sp³-hybridized carbons (Fsp3) is 0.417. The van der Waals surface area contributed by atoms with Crippen LogP contribution in [0.5, 0.6) is 0 Å². The maximum atomic E-state index is 11.7. The lowest BCUT2D eigenvalue weighted by Gasteiger charge is -2.08. The molecule has 17 heavy (non-hydrogen) atoms. The van der Waals surface area contributed by atoms with Gasteiger partial charge in [-0.25, -0.2) is 9.78 Å². The highest BCUT2D eigenvalue weighted by Gasteiger charge is 2.04. The van der Waals surface area contributed by atoms with Crippen LogP contribution in [0.4, 0.5) is 0 Å². The van der Waals surface area contributed by atoms with Gasteiger partial charge in [0.05, 0.1) is 18.6 Å². The highest BCUT2D eigenvalue weighted by molar-refractivity contribution is 5.02. The molecule has 0 saturated heterocycles.